The second-order valence-electron chi connectivity index (χ2n) is 4.80. The van der Waals surface area contributed by atoms with Crippen LogP contribution >= 0.6 is 43.6 Å². The maximum atomic E-state index is 3.63. The van der Waals surface area contributed by atoms with Crippen LogP contribution < -0.4 is 5.32 Å². The van der Waals surface area contributed by atoms with E-state index in [1.54, 1.807) is 0 Å². The van der Waals surface area contributed by atoms with Crippen molar-refractivity contribution in [1.82, 2.24) is 10.2 Å². The molecular formula is C14H20Br2N2S. The summed E-state index contributed by atoms with van der Waals surface area (Å²) in [4.78, 5) is 2.55. The lowest BCUT2D eigenvalue weighted by molar-refractivity contribution is 0.296. The van der Waals surface area contributed by atoms with Gasteiger partial charge in [-0.15, -0.1) is 0 Å². The van der Waals surface area contributed by atoms with Gasteiger partial charge in [-0.2, -0.15) is 11.8 Å². The van der Waals surface area contributed by atoms with Crippen LogP contribution in [0.2, 0.25) is 0 Å². The van der Waals surface area contributed by atoms with E-state index in [9.17, 15) is 0 Å². The molecule has 0 amide bonds. The van der Waals surface area contributed by atoms with Crippen molar-refractivity contribution in [2.75, 3.05) is 37.7 Å². The number of hydrogen-bond donors (Lipinski definition) is 1. The fraction of sp³-hybridized carbons (Fsp3) is 0.571. The molecule has 1 atom stereocenters. The fourth-order valence-electron chi connectivity index (χ4n) is 2.23. The Bertz CT molecular complexity index is 408. The Morgan fingerprint density at radius 3 is 2.74 bits per heavy atom. The summed E-state index contributed by atoms with van der Waals surface area (Å²) < 4.78 is 2.28. The van der Waals surface area contributed by atoms with E-state index in [0.29, 0.717) is 6.04 Å². The number of hydrogen-bond acceptors (Lipinski definition) is 3. The van der Waals surface area contributed by atoms with Gasteiger partial charge >= 0.3 is 0 Å². The van der Waals surface area contributed by atoms with Gasteiger partial charge in [-0.05, 0) is 24.6 Å². The Hall–Kier alpha value is 0.450. The second-order valence-corrected chi connectivity index (χ2v) is 7.79. The van der Waals surface area contributed by atoms with Crippen molar-refractivity contribution in [1.29, 1.82) is 0 Å². The van der Waals surface area contributed by atoms with E-state index in [4.69, 9.17) is 0 Å². The molecule has 2 nitrogen and oxygen atoms in total. The SMILES string of the molecule is CC(NCCN1CCSCC1)c1ccc(Br)cc1Br. The van der Waals surface area contributed by atoms with Gasteiger partial charge < -0.3 is 10.2 Å². The molecule has 1 fully saturated rings. The molecule has 2 rings (SSSR count). The number of nitrogens with zero attached hydrogens (tertiary/aromatic N) is 1. The van der Waals surface area contributed by atoms with Crippen molar-refractivity contribution in [3.63, 3.8) is 0 Å². The molecule has 0 saturated carbocycles. The Kier molecular flexibility index (Phi) is 6.69. The van der Waals surface area contributed by atoms with Crippen molar-refractivity contribution in [3.8, 4) is 0 Å². The van der Waals surface area contributed by atoms with Crippen LogP contribution in [0.15, 0.2) is 27.1 Å². The molecule has 1 unspecified atom stereocenters. The molecule has 1 saturated heterocycles. The van der Waals surface area contributed by atoms with Crippen LogP contribution in [0.1, 0.15) is 18.5 Å². The molecule has 1 aromatic rings. The fourth-order valence-corrected chi connectivity index (χ4v) is 4.60. The number of rotatable bonds is 5. The minimum atomic E-state index is 0.377. The van der Waals surface area contributed by atoms with Crippen molar-refractivity contribution < 1.29 is 0 Å². The molecule has 0 radical (unpaired) electrons. The van der Waals surface area contributed by atoms with Gasteiger partial charge in [0.2, 0.25) is 0 Å². The van der Waals surface area contributed by atoms with Crippen molar-refractivity contribution in [2.24, 2.45) is 0 Å². The summed E-state index contributed by atoms with van der Waals surface area (Å²) in [6, 6.07) is 6.75. The molecule has 1 aliphatic heterocycles. The zero-order chi connectivity index (χ0) is 13.7. The Balaban J connectivity index is 1.78. The van der Waals surface area contributed by atoms with E-state index in [1.807, 2.05) is 0 Å². The number of benzene rings is 1. The molecule has 0 spiro atoms. The predicted octanol–water partition coefficient (Wildman–Crippen LogP) is 3.91. The minimum absolute atomic E-state index is 0.377. The lowest BCUT2D eigenvalue weighted by atomic mass is 10.1. The standard InChI is InChI=1S/C14H20Br2N2S/c1-11(13-3-2-12(15)10-14(13)16)17-4-5-18-6-8-19-9-7-18/h2-3,10-11,17H,4-9H2,1H3. The molecule has 1 heterocycles. The van der Waals surface area contributed by atoms with E-state index in [1.165, 1.54) is 30.2 Å². The normalized spacial score (nSPS) is 18.5. The highest BCUT2D eigenvalue weighted by atomic mass is 79.9. The first-order valence-electron chi connectivity index (χ1n) is 6.65. The maximum Gasteiger partial charge on any atom is 0.0303 e. The summed E-state index contributed by atoms with van der Waals surface area (Å²) in [7, 11) is 0. The number of thioether (sulfide) groups is 1. The van der Waals surface area contributed by atoms with Gasteiger partial charge in [-0.1, -0.05) is 37.9 Å². The van der Waals surface area contributed by atoms with Crippen LogP contribution in [-0.2, 0) is 0 Å². The van der Waals surface area contributed by atoms with Gasteiger partial charge in [0, 0.05) is 52.7 Å². The number of nitrogens with one attached hydrogen (secondary N) is 1. The van der Waals surface area contributed by atoms with Crippen LogP contribution in [0.5, 0.6) is 0 Å². The average Bonchev–Trinajstić information content (AvgIpc) is 2.39. The zero-order valence-corrected chi connectivity index (χ0v) is 15.2. The largest absolute Gasteiger partial charge is 0.309 e. The first-order valence-corrected chi connectivity index (χ1v) is 9.39. The molecule has 0 bridgehead atoms. The van der Waals surface area contributed by atoms with E-state index in [2.05, 4.69) is 79.0 Å². The van der Waals surface area contributed by atoms with Crippen LogP contribution in [0.4, 0.5) is 0 Å². The molecule has 1 N–H and O–H groups in total. The highest BCUT2D eigenvalue weighted by molar-refractivity contribution is 9.11. The monoisotopic (exact) mass is 406 g/mol. The molecule has 106 valence electrons. The van der Waals surface area contributed by atoms with Crippen molar-refractivity contribution in [3.05, 3.63) is 32.7 Å². The molecule has 1 aromatic carbocycles. The summed E-state index contributed by atoms with van der Waals surface area (Å²) in [6.07, 6.45) is 0. The second kappa shape index (κ2) is 8.03. The number of halogens is 2. The molecule has 19 heavy (non-hydrogen) atoms. The Labute approximate surface area is 137 Å². The van der Waals surface area contributed by atoms with Crippen LogP contribution in [-0.4, -0.2) is 42.6 Å². The Morgan fingerprint density at radius 2 is 2.05 bits per heavy atom. The van der Waals surface area contributed by atoms with Gasteiger partial charge in [-0.25, -0.2) is 0 Å². The van der Waals surface area contributed by atoms with E-state index >= 15 is 0 Å². The third kappa shape index (κ3) is 5.05. The zero-order valence-electron chi connectivity index (χ0n) is 11.2. The van der Waals surface area contributed by atoms with Crippen LogP contribution in [0, 0.1) is 0 Å². The van der Waals surface area contributed by atoms with Crippen molar-refractivity contribution >= 4 is 43.6 Å². The van der Waals surface area contributed by atoms with Gasteiger partial charge in [0.25, 0.3) is 0 Å². The quantitative estimate of drug-likeness (QED) is 0.796. The third-order valence-electron chi connectivity index (χ3n) is 3.41. The van der Waals surface area contributed by atoms with Gasteiger partial charge in [0.1, 0.15) is 0 Å². The van der Waals surface area contributed by atoms with E-state index < -0.39 is 0 Å². The Morgan fingerprint density at radius 1 is 1.32 bits per heavy atom. The topological polar surface area (TPSA) is 15.3 Å². The average molecular weight is 408 g/mol. The lowest BCUT2D eigenvalue weighted by Crippen LogP contribution is -2.38. The maximum absolute atomic E-state index is 3.63. The van der Waals surface area contributed by atoms with Gasteiger partial charge in [0.05, 0.1) is 0 Å². The van der Waals surface area contributed by atoms with Crippen LogP contribution in [0.25, 0.3) is 0 Å². The minimum Gasteiger partial charge on any atom is -0.309 e. The van der Waals surface area contributed by atoms with Crippen molar-refractivity contribution in [2.45, 2.75) is 13.0 Å². The van der Waals surface area contributed by atoms with E-state index in [0.717, 1.165) is 22.0 Å². The van der Waals surface area contributed by atoms with Gasteiger partial charge in [-0.3, -0.25) is 0 Å². The smallest absolute Gasteiger partial charge is 0.0303 e. The summed E-state index contributed by atoms with van der Waals surface area (Å²) in [5.74, 6) is 2.57. The summed E-state index contributed by atoms with van der Waals surface area (Å²) in [5.41, 5.74) is 1.32. The molecule has 1 aliphatic rings. The third-order valence-corrected chi connectivity index (χ3v) is 5.53. The molecule has 5 heteroatoms. The highest BCUT2D eigenvalue weighted by Crippen LogP contribution is 2.26. The first-order chi connectivity index (χ1) is 9.16. The molecular weight excluding hydrogens is 388 g/mol. The van der Waals surface area contributed by atoms with E-state index in [-0.39, 0.29) is 0 Å². The summed E-state index contributed by atoms with van der Waals surface area (Å²) in [5, 5.41) is 3.61. The molecule has 0 aromatic heterocycles. The van der Waals surface area contributed by atoms with Crippen LogP contribution in [0.3, 0.4) is 0 Å². The summed E-state index contributed by atoms with van der Waals surface area (Å²) >= 11 is 9.19. The molecule has 0 aliphatic carbocycles. The highest BCUT2D eigenvalue weighted by Gasteiger charge is 2.12. The predicted molar refractivity (Wildman–Crippen MR) is 92.0 cm³/mol. The van der Waals surface area contributed by atoms with Gasteiger partial charge in [0.15, 0.2) is 0 Å². The lowest BCUT2D eigenvalue weighted by Gasteiger charge is -2.27. The summed E-state index contributed by atoms with van der Waals surface area (Å²) in [6.45, 7) is 6.90. The first kappa shape index (κ1) is 15.8.